The Bertz CT molecular complexity index is 516. The van der Waals surface area contributed by atoms with Crippen LogP contribution in [0.4, 0.5) is 0 Å². The van der Waals surface area contributed by atoms with Crippen LogP contribution >= 0.6 is 15.9 Å². The van der Waals surface area contributed by atoms with Gasteiger partial charge in [0.1, 0.15) is 5.75 Å². The molecule has 13 heavy (non-hydrogen) atoms. The summed E-state index contributed by atoms with van der Waals surface area (Å²) in [6, 6.07) is 4.58. The van der Waals surface area contributed by atoms with E-state index in [9.17, 15) is 9.90 Å². The molecule has 0 spiro atoms. The zero-order chi connectivity index (χ0) is 9.42. The highest BCUT2D eigenvalue weighted by atomic mass is 79.9. The van der Waals surface area contributed by atoms with Crippen LogP contribution in [-0.2, 0) is 0 Å². The Hall–Kier alpha value is -1.29. The Morgan fingerprint density at radius 3 is 2.85 bits per heavy atom. The van der Waals surface area contributed by atoms with Crippen molar-refractivity contribution in [1.82, 2.24) is 0 Å². The molecular weight excluding hydrogens is 236 g/mol. The van der Waals surface area contributed by atoms with Crippen LogP contribution in [0, 0.1) is 0 Å². The first-order valence-corrected chi connectivity index (χ1v) is 4.38. The number of halogens is 1. The van der Waals surface area contributed by atoms with Crippen LogP contribution in [0.5, 0.6) is 5.75 Å². The lowest BCUT2D eigenvalue weighted by molar-refractivity contribution is 0.474. The van der Waals surface area contributed by atoms with Gasteiger partial charge >= 0.3 is 5.63 Å². The highest BCUT2D eigenvalue weighted by Crippen LogP contribution is 2.26. The number of rotatable bonds is 0. The predicted octanol–water partition coefficient (Wildman–Crippen LogP) is 2.26. The smallest absolute Gasteiger partial charge is 0.343 e. The molecular formula is C9H5BrO3. The summed E-state index contributed by atoms with van der Waals surface area (Å²) in [7, 11) is 0. The minimum absolute atomic E-state index is 0.0397. The molecule has 0 aliphatic carbocycles. The Balaban J connectivity index is 3.03. The maximum atomic E-state index is 11.2. The Kier molecular flexibility index (Phi) is 1.84. The number of aromatic hydroxyl groups is 1. The molecule has 4 heteroatoms. The molecule has 0 atom stereocenters. The summed E-state index contributed by atoms with van der Waals surface area (Å²) in [5.41, 5.74) is -0.450. The van der Waals surface area contributed by atoms with Gasteiger partial charge in [0.2, 0.25) is 0 Å². The van der Waals surface area contributed by atoms with Crippen molar-refractivity contribution < 1.29 is 9.52 Å². The predicted molar refractivity (Wildman–Crippen MR) is 51.8 cm³/mol. The molecule has 0 aliphatic heterocycles. The second-order valence-corrected chi connectivity index (χ2v) is 3.45. The van der Waals surface area contributed by atoms with Gasteiger partial charge in [0.15, 0.2) is 0 Å². The molecule has 1 N–H and O–H groups in total. The van der Waals surface area contributed by atoms with Gasteiger partial charge < -0.3 is 9.52 Å². The SMILES string of the molecule is O=c1occc2c(Br)cc(O)cc12. The lowest BCUT2D eigenvalue weighted by atomic mass is 10.2. The summed E-state index contributed by atoms with van der Waals surface area (Å²) in [5.74, 6) is 0.0397. The molecule has 0 radical (unpaired) electrons. The number of phenols is 1. The summed E-state index contributed by atoms with van der Waals surface area (Å²) in [6.45, 7) is 0. The molecule has 2 aromatic rings. The third-order valence-electron chi connectivity index (χ3n) is 1.74. The summed E-state index contributed by atoms with van der Waals surface area (Å²) >= 11 is 3.24. The van der Waals surface area contributed by atoms with Gasteiger partial charge in [-0.05, 0) is 18.2 Å². The largest absolute Gasteiger partial charge is 0.508 e. The van der Waals surface area contributed by atoms with Gasteiger partial charge in [-0.15, -0.1) is 0 Å². The van der Waals surface area contributed by atoms with Crippen molar-refractivity contribution in [3.8, 4) is 5.75 Å². The van der Waals surface area contributed by atoms with Crippen molar-refractivity contribution in [2.24, 2.45) is 0 Å². The van der Waals surface area contributed by atoms with E-state index in [0.29, 0.717) is 9.86 Å². The van der Waals surface area contributed by atoms with Gasteiger partial charge in [-0.3, -0.25) is 0 Å². The molecule has 0 fully saturated rings. The van der Waals surface area contributed by atoms with Crippen LogP contribution in [0.2, 0.25) is 0 Å². The van der Waals surface area contributed by atoms with Crippen LogP contribution in [0.1, 0.15) is 0 Å². The Labute approximate surface area is 81.7 Å². The lowest BCUT2D eigenvalue weighted by Crippen LogP contribution is -1.97. The first-order chi connectivity index (χ1) is 6.18. The van der Waals surface area contributed by atoms with Crippen LogP contribution in [0.25, 0.3) is 10.8 Å². The number of phenolic OH excluding ortho intramolecular Hbond substituents is 1. The normalized spacial score (nSPS) is 10.5. The third-order valence-corrected chi connectivity index (χ3v) is 2.40. The zero-order valence-electron chi connectivity index (χ0n) is 6.45. The third kappa shape index (κ3) is 1.33. The summed E-state index contributed by atoms with van der Waals surface area (Å²) in [4.78, 5) is 11.2. The van der Waals surface area contributed by atoms with Crippen molar-refractivity contribution in [1.29, 1.82) is 0 Å². The van der Waals surface area contributed by atoms with Gasteiger partial charge in [0.05, 0.1) is 11.6 Å². The van der Waals surface area contributed by atoms with E-state index >= 15 is 0 Å². The fourth-order valence-electron chi connectivity index (χ4n) is 1.17. The minimum Gasteiger partial charge on any atom is -0.508 e. The molecule has 2 rings (SSSR count). The number of hydrogen-bond donors (Lipinski definition) is 1. The van der Waals surface area contributed by atoms with Crippen molar-refractivity contribution in [3.05, 3.63) is 39.4 Å². The number of hydrogen-bond acceptors (Lipinski definition) is 3. The van der Waals surface area contributed by atoms with Gasteiger partial charge in [0, 0.05) is 9.86 Å². The van der Waals surface area contributed by atoms with E-state index in [1.165, 1.54) is 18.4 Å². The van der Waals surface area contributed by atoms with Crippen LogP contribution in [0.3, 0.4) is 0 Å². The molecule has 0 saturated heterocycles. The van der Waals surface area contributed by atoms with E-state index in [1.807, 2.05) is 0 Å². The number of fused-ring (bicyclic) bond motifs is 1. The van der Waals surface area contributed by atoms with E-state index in [0.717, 1.165) is 5.39 Å². The van der Waals surface area contributed by atoms with Crippen molar-refractivity contribution in [2.75, 3.05) is 0 Å². The fourth-order valence-corrected chi connectivity index (χ4v) is 1.75. The highest BCUT2D eigenvalue weighted by molar-refractivity contribution is 9.10. The molecule has 0 aliphatic rings. The van der Waals surface area contributed by atoms with Gasteiger partial charge in [-0.1, -0.05) is 15.9 Å². The molecule has 0 amide bonds. The van der Waals surface area contributed by atoms with E-state index in [1.54, 1.807) is 6.07 Å². The standard InChI is InChI=1S/C9H5BrO3/c10-8-4-5(11)3-7-6(8)1-2-13-9(7)12/h1-4,11H. The van der Waals surface area contributed by atoms with E-state index in [2.05, 4.69) is 20.3 Å². The second kappa shape index (κ2) is 2.88. The first-order valence-electron chi connectivity index (χ1n) is 3.58. The van der Waals surface area contributed by atoms with Crippen LogP contribution < -0.4 is 5.63 Å². The van der Waals surface area contributed by atoms with Crippen molar-refractivity contribution in [2.45, 2.75) is 0 Å². The van der Waals surface area contributed by atoms with Crippen LogP contribution in [0.15, 0.2) is 38.1 Å². The Morgan fingerprint density at radius 2 is 2.08 bits per heavy atom. The fraction of sp³-hybridized carbons (Fsp3) is 0. The molecule has 1 heterocycles. The van der Waals surface area contributed by atoms with Crippen molar-refractivity contribution >= 4 is 26.7 Å². The molecule has 0 unspecified atom stereocenters. The molecule has 0 bridgehead atoms. The molecule has 0 saturated carbocycles. The average Bonchev–Trinajstić information content (AvgIpc) is 2.07. The molecule has 1 aromatic carbocycles. The first kappa shape index (κ1) is 8.31. The summed E-state index contributed by atoms with van der Waals surface area (Å²) in [5, 5.41) is 10.3. The van der Waals surface area contributed by atoms with E-state index in [-0.39, 0.29) is 5.75 Å². The lowest BCUT2D eigenvalue weighted by Gasteiger charge is -1.99. The van der Waals surface area contributed by atoms with Gasteiger partial charge in [-0.25, -0.2) is 4.79 Å². The van der Waals surface area contributed by atoms with Gasteiger partial charge in [-0.2, -0.15) is 0 Å². The average molecular weight is 241 g/mol. The molecule has 3 nitrogen and oxygen atoms in total. The van der Waals surface area contributed by atoms with Gasteiger partial charge in [0.25, 0.3) is 0 Å². The van der Waals surface area contributed by atoms with E-state index < -0.39 is 5.63 Å². The molecule has 1 aromatic heterocycles. The highest BCUT2D eigenvalue weighted by Gasteiger charge is 2.04. The maximum absolute atomic E-state index is 11.2. The maximum Gasteiger partial charge on any atom is 0.343 e. The summed E-state index contributed by atoms with van der Waals surface area (Å²) in [6.07, 6.45) is 1.33. The number of benzene rings is 1. The molecule has 66 valence electrons. The summed E-state index contributed by atoms with van der Waals surface area (Å²) < 4.78 is 5.34. The minimum atomic E-state index is -0.450. The van der Waals surface area contributed by atoms with Crippen molar-refractivity contribution in [3.63, 3.8) is 0 Å². The monoisotopic (exact) mass is 240 g/mol. The zero-order valence-corrected chi connectivity index (χ0v) is 8.04. The van der Waals surface area contributed by atoms with Crippen LogP contribution in [-0.4, -0.2) is 5.11 Å². The van der Waals surface area contributed by atoms with E-state index in [4.69, 9.17) is 0 Å². The second-order valence-electron chi connectivity index (χ2n) is 2.60. The Morgan fingerprint density at radius 1 is 1.31 bits per heavy atom. The quantitative estimate of drug-likeness (QED) is 0.769. The topological polar surface area (TPSA) is 50.4 Å².